The van der Waals surface area contributed by atoms with E-state index >= 15 is 0 Å². The van der Waals surface area contributed by atoms with Gasteiger partial charge in [-0.3, -0.25) is 5.10 Å². The Labute approximate surface area is 86.1 Å². The summed E-state index contributed by atoms with van der Waals surface area (Å²) >= 11 is 0. The zero-order valence-electron chi connectivity index (χ0n) is 9.27. The Hall–Kier alpha value is -0.990. The number of aromatic nitrogens is 2. The summed E-state index contributed by atoms with van der Waals surface area (Å²) in [5.74, 6) is 0.679. The maximum absolute atomic E-state index is 5.74. The van der Waals surface area contributed by atoms with Crippen molar-refractivity contribution in [1.29, 1.82) is 0 Å². The molecule has 0 spiro atoms. The smallest absolute Gasteiger partial charge is 0.148 e. The van der Waals surface area contributed by atoms with Crippen molar-refractivity contribution < 1.29 is 0 Å². The average Bonchev–Trinajstić information content (AvgIpc) is 2.54. The van der Waals surface area contributed by atoms with Crippen LogP contribution in [0.5, 0.6) is 0 Å². The van der Waals surface area contributed by atoms with E-state index in [1.807, 2.05) is 0 Å². The lowest BCUT2D eigenvalue weighted by atomic mass is 10.1. The molecule has 0 aliphatic rings. The molecule has 3 N–H and O–H groups in total. The molecule has 0 radical (unpaired) electrons. The Kier molecular flexibility index (Phi) is 4.50. The molecule has 0 amide bonds. The summed E-state index contributed by atoms with van der Waals surface area (Å²) in [6.45, 7) is 4.35. The van der Waals surface area contributed by atoms with E-state index in [0.717, 1.165) is 12.8 Å². The van der Waals surface area contributed by atoms with E-state index < -0.39 is 0 Å². The SMILES string of the molecule is CCCCCCc1[nH]nc(N)c1CC. The lowest BCUT2D eigenvalue weighted by Crippen LogP contribution is -1.94. The molecule has 14 heavy (non-hydrogen) atoms. The molecular formula is C11H21N3. The summed E-state index contributed by atoms with van der Waals surface area (Å²) in [6, 6.07) is 0. The number of hydrogen-bond acceptors (Lipinski definition) is 2. The fraction of sp³-hybridized carbons (Fsp3) is 0.727. The van der Waals surface area contributed by atoms with Crippen LogP contribution in [0.1, 0.15) is 50.8 Å². The van der Waals surface area contributed by atoms with Crippen molar-refractivity contribution in [2.45, 2.75) is 52.4 Å². The maximum Gasteiger partial charge on any atom is 0.148 e. The first kappa shape index (κ1) is 11.1. The molecule has 1 heterocycles. The first-order valence-electron chi connectivity index (χ1n) is 5.61. The molecular weight excluding hydrogens is 174 g/mol. The minimum atomic E-state index is 0.679. The average molecular weight is 195 g/mol. The number of aryl methyl sites for hydroxylation is 1. The summed E-state index contributed by atoms with van der Waals surface area (Å²) < 4.78 is 0. The Morgan fingerprint density at radius 1 is 1.21 bits per heavy atom. The molecule has 0 bridgehead atoms. The van der Waals surface area contributed by atoms with Gasteiger partial charge in [-0.05, 0) is 19.3 Å². The third kappa shape index (κ3) is 2.76. The Morgan fingerprint density at radius 3 is 2.64 bits per heavy atom. The Balaban J connectivity index is 2.42. The predicted octanol–water partition coefficient (Wildman–Crippen LogP) is 2.68. The van der Waals surface area contributed by atoms with Crippen LogP contribution in [0.25, 0.3) is 0 Å². The van der Waals surface area contributed by atoms with Gasteiger partial charge in [-0.2, -0.15) is 5.10 Å². The van der Waals surface area contributed by atoms with Gasteiger partial charge in [0.25, 0.3) is 0 Å². The van der Waals surface area contributed by atoms with Crippen LogP contribution in [-0.2, 0) is 12.8 Å². The molecule has 0 aliphatic heterocycles. The molecule has 0 saturated heterocycles. The van der Waals surface area contributed by atoms with Crippen LogP contribution in [0.4, 0.5) is 5.82 Å². The second-order valence-corrected chi connectivity index (χ2v) is 3.73. The van der Waals surface area contributed by atoms with E-state index in [1.165, 1.54) is 36.9 Å². The number of anilines is 1. The van der Waals surface area contributed by atoms with Crippen LogP contribution in [0.2, 0.25) is 0 Å². The van der Waals surface area contributed by atoms with Gasteiger partial charge in [0.05, 0.1) is 0 Å². The molecule has 3 nitrogen and oxygen atoms in total. The third-order valence-electron chi connectivity index (χ3n) is 2.62. The van der Waals surface area contributed by atoms with Crippen LogP contribution in [-0.4, -0.2) is 10.2 Å². The topological polar surface area (TPSA) is 54.7 Å². The maximum atomic E-state index is 5.74. The summed E-state index contributed by atoms with van der Waals surface area (Å²) in [7, 11) is 0. The first-order valence-corrected chi connectivity index (χ1v) is 5.61. The number of rotatable bonds is 6. The third-order valence-corrected chi connectivity index (χ3v) is 2.62. The number of nitrogen functional groups attached to an aromatic ring is 1. The second kappa shape index (κ2) is 5.68. The number of nitrogens with zero attached hydrogens (tertiary/aromatic N) is 1. The van der Waals surface area contributed by atoms with Crippen LogP contribution in [0.15, 0.2) is 0 Å². The van der Waals surface area contributed by atoms with Gasteiger partial charge in [-0.15, -0.1) is 0 Å². The Bertz CT molecular complexity index is 265. The highest BCUT2D eigenvalue weighted by atomic mass is 15.2. The second-order valence-electron chi connectivity index (χ2n) is 3.73. The largest absolute Gasteiger partial charge is 0.382 e. The molecule has 0 saturated carbocycles. The molecule has 80 valence electrons. The van der Waals surface area contributed by atoms with Gasteiger partial charge in [0.15, 0.2) is 0 Å². The number of H-pyrrole nitrogens is 1. The molecule has 1 rings (SSSR count). The molecule has 0 atom stereocenters. The molecule has 0 fully saturated rings. The predicted molar refractivity (Wildman–Crippen MR) is 60.2 cm³/mol. The Morgan fingerprint density at radius 2 is 2.00 bits per heavy atom. The van der Waals surface area contributed by atoms with Crippen molar-refractivity contribution >= 4 is 5.82 Å². The number of aromatic amines is 1. The zero-order chi connectivity index (χ0) is 10.4. The van der Waals surface area contributed by atoms with Crippen LogP contribution >= 0.6 is 0 Å². The van der Waals surface area contributed by atoms with E-state index in [4.69, 9.17) is 5.73 Å². The standard InChI is InChI=1S/C11H21N3/c1-3-5-6-7-8-10-9(4-2)11(12)14-13-10/h3-8H2,1-2H3,(H3,12,13,14). The van der Waals surface area contributed by atoms with Crippen LogP contribution < -0.4 is 5.73 Å². The highest BCUT2D eigenvalue weighted by molar-refractivity contribution is 5.41. The summed E-state index contributed by atoms with van der Waals surface area (Å²) in [5.41, 5.74) is 8.19. The minimum Gasteiger partial charge on any atom is -0.382 e. The first-order chi connectivity index (χ1) is 6.79. The van der Waals surface area contributed by atoms with Gasteiger partial charge in [0, 0.05) is 11.3 Å². The van der Waals surface area contributed by atoms with Crippen LogP contribution in [0.3, 0.4) is 0 Å². The molecule has 0 aliphatic carbocycles. The van der Waals surface area contributed by atoms with Crippen molar-refractivity contribution in [3.63, 3.8) is 0 Å². The normalized spacial score (nSPS) is 10.7. The van der Waals surface area contributed by atoms with Crippen molar-refractivity contribution in [2.24, 2.45) is 0 Å². The molecule has 1 aromatic heterocycles. The number of unbranched alkanes of at least 4 members (excludes halogenated alkanes) is 3. The zero-order valence-corrected chi connectivity index (χ0v) is 9.27. The summed E-state index contributed by atoms with van der Waals surface area (Å²) in [6.07, 6.45) is 7.22. The van der Waals surface area contributed by atoms with E-state index in [9.17, 15) is 0 Å². The number of hydrogen-bond donors (Lipinski definition) is 2. The fourth-order valence-electron chi connectivity index (χ4n) is 1.75. The quantitative estimate of drug-likeness (QED) is 0.686. The van der Waals surface area contributed by atoms with Crippen molar-refractivity contribution in [2.75, 3.05) is 5.73 Å². The summed E-state index contributed by atoms with van der Waals surface area (Å²) in [5, 5.41) is 7.07. The molecule has 1 aromatic rings. The highest BCUT2D eigenvalue weighted by Gasteiger charge is 2.07. The van der Waals surface area contributed by atoms with E-state index in [2.05, 4.69) is 24.0 Å². The van der Waals surface area contributed by atoms with Gasteiger partial charge in [0.2, 0.25) is 0 Å². The van der Waals surface area contributed by atoms with Crippen molar-refractivity contribution in [3.8, 4) is 0 Å². The van der Waals surface area contributed by atoms with Crippen molar-refractivity contribution in [1.82, 2.24) is 10.2 Å². The van der Waals surface area contributed by atoms with Crippen LogP contribution in [0, 0.1) is 0 Å². The lowest BCUT2D eigenvalue weighted by Gasteiger charge is -2.00. The number of nitrogens with two attached hydrogens (primary N) is 1. The van der Waals surface area contributed by atoms with E-state index in [1.54, 1.807) is 0 Å². The van der Waals surface area contributed by atoms with Gasteiger partial charge in [0.1, 0.15) is 5.82 Å². The molecule has 0 aromatic carbocycles. The highest BCUT2D eigenvalue weighted by Crippen LogP contribution is 2.16. The van der Waals surface area contributed by atoms with E-state index in [-0.39, 0.29) is 0 Å². The van der Waals surface area contributed by atoms with Gasteiger partial charge < -0.3 is 5.73 Å². The van der Waals surface area contributed by atoms with Gasteiger partial charge in [-0.1, -0.05) is 33.1 Å². The lowest BCUT2D eigenvalue weighted by molar-refractivity contribution is 0.657. The monoisotopic (exact) mass is 195 g/mol. The summed E-state index contributed by atoms with van der Waals surface area (Å²) in [4.78, 5) is 0. The number of nitrogens with one attached hydrogen (secondary N) is 1. The van der Waals surface area contributed by atoms with Crippen molar-refractivity contribution in [3.05, 3.63) is 11.3 Å². The van der Waals surface area contributed by atoms with Gasteiger partial charge >= 0.3 is 0 Å². The molecule has 0 unspecified atom stereocenters. The van der Waals surface area contributed by atoms with Gasteiger partial charge in [-0.25, -0.2) is 0 Å². The minimum absolute atomic E-state index is 0.679. The molecule has 3 heteroatoms. The van der Waals surface area contributed by atoms with E-state index in [0.29, 0.717) is 5.82 Å². The fourth-order valence-corrected chi connectivity index (χ4v) is 1.75.